The second kappa shape index (κ2) is 6.50. The molecule has 0 bridgehead atoms. The van der Waals surface area contributed by atoms with Gasteiger partial charge in [0.25, 0.3) is 5.91 Å². The highest BCUT2D eigenvalue weighted by Crippen LogP contribution is 2.23. The average Bonchev–Trinajstić information content (AvgIpc) is 2.46. The maximum absolute atomic E-state index is 12.1. The van der Waals surface area contributed by atoms with Crippen molar-refractivity contribution in [3.05, 3.63) is 58.6 Å². The van der Waals surface area contributed by atoms with E-state index in [1.165, 1.54) is 4.90 Å². The molecule has 0 aliphatic heterocycles. The third kappa shape index (κ3) is 3.89. The maximum atomic E-state index is 12.1. The lowest BCUT2D eigenvalue weighted by Gasteiger charge is -2.16. The van der Waals surface area contributed by atoms with Gasteiger partial charge in [-0.15, -0.1) is 0 Å². The van der Waals surface area contributed by atoms with Crippen LogP contribution in [-0.4, -0.2) is 30.0 Å². The van der Waals surface area contributed by atoms with Crippen molar-refractivity contribution < 1.29 is 9.90 Å². The molecule has 0 aliphatic rings. The van der Waals surface area contributed by atoms with Crippen molar-refractivity contribution in [2.75, 3.05) is 19.4 Å². The lowest BCUT2D eigenvalue weighted by atomic mass is 10.1. The van der Waals surface area contributed by atoms with Crippen LogP contribution in [0.5, 0.6) is 5.75 Å². The molecule has 21 heavy (non-hydrogen) atoms. The van der Waals surface area contributed by atoms with Crippen LogP contribution in [0.4, 0.5) is 5.69 Å². The Morgan fingerprint density at radius 1 is 1.19 bits per heavy atom. The summed E-state index contributed by atoms with van der Waals surface area (Å²) in [4.78, 5) is 13.7. The fraction of sp³-hybridized carbons (Fsp3) is 0.188. The van der Waals surface area contributed by atoms with Crippen LogP contribution in [0, 0.1) is 0 Å². The summed E-state index contributed by atoms with van der Waals surface area (Å²) in [5.74, 6) is 0.143. The number of halogens is 1. The second-order valence-corrected chi connectivity index (χ2v) is 5.35. The lowest BCUT2D eigenvalue weighted by Crippen LogP contribution is -2.23. The van der Waals surface area contributed by atoms with Gasteiger partial charge in [0.1, 0.15) is 5.75 Å². The fourth-order valence-corrected chi connectivity index (χ4v) is 2.07. The van der Waals surface area contributed by atoms with E-state index in [2.05, 4.69) is 5.32 Å². The van der Waals surface area contributed by atoms with E-state index < -0.39 is 0 Å². The van der Waals surface area contributed by atoms with Crippen molar-refractivity contribution in [3.8, 4) is 5.75 Å². The van der Waals surface area contributed by atoms with E-state index in [0.717, 1.165) is 5.56 Å². The number of benzene rings is 2. The number of rotatable bonds is 4. The van der Waals surface area contributed by atoms with Crippen LogP contribution >= 0.6 is 11.6 Å². The normalized spacial score (nSPS) is 10.2. The van der Waals surface area contributed by atoms with E-state index in [9.17, 15) is 9.90 Å². The predicted molar refractivity (Wildman–Crippen MR) is 84.9 cm³/mol. The minimum atomic E-state index is -0.0835. The Hall–Kier alpha value is -2.20. The summed E-state index contributed by atoms with van der Waals surface area (Å²) in [5, 5.41) is 13.0. The third-order valence-electron chi connectivity index (χ3n) is 3.04. The largest absolute Gasteiger partial charge is 0.508 e. The zero-order valence-electron chi connectivity index (χ0n) is 11.9. The number of hydrogen-bond donors (Lipinski definition) is 2. The monoisotopic (exact) mass is 304 g/mol. The molecule has 0 saturated heterocycles. The minimum absolute atomic E-state index is 0.0835. The molecule has 0 fully saturated rings. The Kier molecular flexibility index (Phi) is 4.70. The van der Waals surface area contributed by atoms with E-state index in [0.29, 0.717) is 22.8 Å². The van der Waals surface area contributed by atoms with Gasteiger partial charge in [0.2, 0.25) is 0 Å². The smallest absolute Gasteiger partial charge is 0.255 e. The van der Waals surface area contributed by atoms with Gasteiger partial charge < -0.3 is 15.3 Å². The van der Waals surface area contributed by atoms with Gasteiger partial charge in [0, 0.05) is 31.4 Å². The highest BCUT2D eigenvalue weighted by atomic mass is 35.5. The van der Waals surface area contributed by atoms with Crippen LogP contribution in [0.25, 0.3) is 0 Å². The molecule has 2 rings (SSSR count). The molecule has 0 aromatic heterocycles. The number of amides is 1. The molecule has 0 spiro atoms. The second-order valence-electron chi connectivity index (χ2n) is 4.91. The zero-order chi connectivity index (χ0) is 15.4. The Bertz CT molecular complexity index is 639. The van der Waals surface area contributed by atoms with Gasteiger partial charge in [-0.25, -0.2) is 0 Å². The minimum Gasteiger partial charge on any atom is -0.508 e. The third-order valence-corrected chi connectivity index (χ3v) is 3.27. The van der Waals surface area contributed by atoms with E-state index >= 15 is 0 Å². The Morgan fingerprint density at radius 2 is 1.86 bits per heavy atom. The Morgan fingerprint density at radius 3 is 2.48 bits per heavy atom. The average molecular weight is 305 g/mol. The summed E-state index contributed by atoms with van der Waals surface area (Å²) in [5.41, 5.74) is 2.26. The first-order chi connectivity index (χ1) is 9.97. The van der Waals surface area contributed by atoms with Crippen LogP contribution in [-0.2, 0) is 6.54 Å². The molecule has 0 radical (unpaired) electrons. The van der Waals surface area contributed by atoms with Gasteiger partial charge in [-0.3, -0.25) is 4.79 Å². The lowest BCUT2D eigenvalue weighted by molar-refractivity contribution is 0.0828. The van der Waals surface area contributed by atoms with Crippen molar-refractivity contribution in [1.29, 1.82) is 0 Å². The van der Waals surface area contributed by atoms with Gasteiger partial charge in [0.05, 0.1) is 5.56 Å². The molecule has 1 amide bonds. The molecule has 110 valence electrons. The molecule has 0 aliphatic carbocycles. The summed E-state index contributed by atoms with van der Waals surface area (Å²) < 4.78 is 0. The highest BCUT2D eigenvalue weighted by Gasteiger charge is 2.13. The van der Waals surface area contributed by atoms with E-state index in [1.807, 2.05) is 12.1 Å². The number of nitrogens with one attached hydrogen (secondary N) is 1. The predicted octanol–water partition coefficient (Wildman–Crippen LogP) is 3.36. The molecule has 2 aromatic rings. The molecule has 0 atom stereocenters. The summed E-state index contributed by atoms with van der Waals surface area (Å²) >= 11 is 6.01. The van der Waals surface area contributed by atoms with Gasteiger partial charge in [-0.1, -0.05) is 23.7 Å². The summed E-state index contributed by atoms with van der Waals surface area (Å²) in [6.45, 7) is 0.536. The fourth-order valence-electron chi connectivity index (χ4n) is 1.90. The first-order valence-electron chi connectivity index (χ1n) is 6.50. The number of carbonyl (C=O) groups is 1. The molecule has 2 aromatic carbocycles. The first kappa shape index (κ1) is 15.2. The van der Waals surface area contributed by atoms with Gasteiger partial charge in [0.15, 0.2) is 0 Å². The number of phenolic OH excluding ortho intramolecular Hbond substituents is 1. The molecule has 4 nitrogen and oxygen atoms in total. The van der Waals surface area contributed by atoms with Crippen LogP contribution in [0.3, 0.4) is 0 Å². The van der Waals surface area contributed by atoms with Crippen molar-refractivity contribution in [2.24, 2.45) is 0 Å². The summed E-state index contributed by atoms with van der Waals surface area (Å²) in [6.07, 6.45) is 0. The van der Waals surface area contributed by atoms with Gasteiger partial charge >= 0.3 is 0 Å². The summed E-state index contributed by atoms with van der Waals surface area (Å²) in [7, 11) is 3.42. The molecule has 2 N–H and O–H groups in total. The summed E-state index contributed by atoms with van der Waals surface area (Å²) in [6, 6.07) is 12.0. The van der Waals surface area contributed by atoms with Crippen molar-refractivity contribution in [1.82, 2.24) is 4.90 Å². The van der Waals surface area contributed by atoms with E-state index in [1.54, 1.807) is 44.4 Å². The Balaban J connectivity index is 2.20. The van der Waals surface area contributed by atoms with Crippen molar-refractivity contribution >= 4 is 23.2 Å². The highest BCUT2D eigenvalue weighted by molar-refractivity contribution is 6.31. The number of aromatic hydroxyl groups is 1. The standard InChI is InChI=1S/C16H17ClN2O2/c1-19(2)16(21)14-8-5-12(17)9-15(14)18-10-11-3-6-13(20)7-4-11/h3-9,18,20H,10H2,1-2H3. The number of hydrogen-bond acceptors (Lipinski definition) is 3. The molecular weight excluding hydrogens is 288 g/mol. The molecular formula is C16H17ClN2O2. The van der Waals surface area contributed by atoms with Crippen LogP contribution < -0.4 is 5.32 Å². The number of carbonyl (C=O) groups excluding carboxylic acids is 1. The van der Waals surface area contributed by atoms with E-state index in [-0.39, 0.29) is 11.7 Å². The SMILES string of the molecule is CN(C)C(=O)c1ccc(Cl)cc1NCc1ccc(O)cc1. The quantitative estimate of drug-likeness (QED) is 0.910. The zero-order valence-corrected chi connectivity index (χ0v) is 12.7. The van der Waals surface area contributed by atoms with Crippen molar-refractivity contribution in [2.45, 2.75) is 6.54 Å². The van der Waals surface area contributed by atoms with Crippen LogP contribution in [0.1, 0.15) is 15.9 Å². The number of nitrogens with zero attached hydrogens (tertiary/aromatic N) is 1. The number of anilines is 1. The van der Waals surface area contributed by atoms with Crippen molar-refractivity contribution in [3.63, 3.8) is 0 Å². The molecule has 5 heteroatoms. The topological polar surface area (TPSA) is 52.6 Å². The Labute approximate surface area is 129 Å². The van der Waals surface area contributed by atoms with E-state index in [4.69, 9.17) is 11.6 Å². The van der Waals surface area contributed by atoms with Gasteiger partial charge in [-0.05, 0) is 35.9 Å². The maximum Gasteiger partial charge on any atom is 0.255 e. The molecule has 0 unspecified atom stereocenters. The van der Waals surface area contributed by atoms with Gasteiger partial charge in [-0.2, -0.15) is 0 Å². The molecule has 0 heterocycles. The molecule has 0 saturated carbocycles. The van der Waals surface area contributed by atoms with Crippen LogP contribution in [0.2, 0.25) is 5.02 Å². The van der Waals surface area contributed by atoms with Crippen LogP contribution in [0.15, 0.2) is 42.5 Å². The first-order valence-corrected chi connectivity index (χ1v) is 6.88. The number of phenols is 1.